The monoisotopic (exact) mass is 356 g/mol. The number of hydrogen-bond acceptors (Lipinski definition) is 4. The molecule has 0 radical (unpaired) electrons. The van der Waals surface area contributed by atoms with Crippen molar-refractivity contribution < 1.29 is 4.92 Å². The van der Waals surface area contributed by atoms with Crippen LogP contribution in [0.15, 0.2) is 34.1 Å². The molecular formula is C19H24N4O3. The molecule has 0 saturated heterocycles. The number of aliphatic imine (C=N–C) groups is 1. The van der Waals surface area contributed by atoms with Crippen LogP contribution in [-0.4, -0.2) is 27.0 Å². The average Bonchev–Trinajstić information content (AvgIpc) is 2.88. The molecule has 0 unspecified atom stereocenters. The van der Waals surface area contributed by atoms with Gasteiger partial charge >= 0.3 is 0 Å². The number of rotatable bonds is 4. The molecule has 138 valence electrons. The lowest BCUT2D eigenvalue weighted by Gasteiger charge is -2.15. The molecule has 1 heterocycles. The summed E-state index contributed by atoms with van der Waals surface area (Å²) in [4.78, 5) is 27.7. The van der Waals surface area contributed by atoms with Crippen LogP contribution in [-0.2, 0) is 0 Å². The second kappa shape index (κ2) is 8.12. The molecule has 0 amide bonds. The molecule has 0 bridgehead atoms. The first-order valence-electron chi connectivity index (χ1n) is 9.16. The van der Waals surface area contributed by atoms with E-state index in [1.54, 1.807) is 18.3 Å². The lowest BCUT2D eigenvalue weighted by molar-refractivity contribution is -0.384. The Morgan fingerprint density at radius 1 is 1.15 bits per heavy atom. The van der Waals surface area contributed by atoms with Gasteiger partial charge in [0.2, 0.25) is 0 Å². The number of H-pyrrole nitrogens is 1. The topological polar surface area (TPSA) is 93.3 Å². The zero-order valence-electron chi connectivity index (χ0n) is 15.0. The van der Waals surface area contributed by atoms with Gasteiger partial charge in [-0.3, -0.25) is 25.0 Å². The van der Waals surface area contributed by atoms with Crippen LogP contribution in [0.2, 0.25) is 0 Å². The molecular weight excluding hydrogens is 332 g/mol. The van der Waals surface area contributed by atoms with Crippen LogP contribution in [0.4, 0.5) is 5.69 Å². The summed E-state index contributed by atoms with van der Waals surface area (Å²) in [5, 5.41) is 13.8. The average molecular weight is 356 g/mol. The maximum Gasteiger partial charge on any atom is 0.280 e. The molecule has 1 aliphatic rings. The summed E-state index contributed by atoms with van der Waals surface area (Å²) in [7, 11) is 0. The van der Waals surface area contributed by atoms with E-state index in [0.29, 0.717) is 11.3 Å². The molecule has 0 atom stereocenters. The first-order valence-corrected chi connectivity index (χ1v) is 9.16. The van der Waals surface area contributed by atoms with E-state index >= 15 is 0 Å². The van der Waals surface area contributed by atoms with Crippen LogP contribution in [0.1, 0.15) is 56.2 Å². The van der Waals surface area contributed by atoms with E-state index in [2.05, 4.69) is 10.1 Å². The predicted octanol–water partition coefficient (Wildman–Crippen LogP) is 3.91. The Balaban J connectivity index is 1.82. The lowest BCUT2D eigenvalue weighted by Crippen LogP contribution is -2.17. The van der Waals surface area contributed by atoms with Crippen LogP contribution < -0.4 is 5.56 Å². The van der Waals surface area contributed by atoms with Crippen LogP contribution in [0, 0.1) is 17.0 Å². The summed E-state index contributed by atoms with van der Waals surface area (Å²) < 4.78 is 1.40. The van der Waals surface area contributed by atoms with Gasteiger partial charge in [0.05, 0.1) is 16.2 Å². The van der Waals surface area contributed by atoms with Crippen molar-refractivity contribution in [2.75, 3.05) is 0 Å². The summed E-state index contributed by atoms with van der Waals surface area (Å²) in [6, 6.07) is 6.19. The quantitative estimate of drug-likeness (QED) is 0.511. The smallest absolute Gasteiger partial charge is 0.280 e. The second-order valence-corrected chi connectivity index (χ2v) is 6.84. The number of aryl methyl sites for hydroxylation is 1. The molecule has 26 heavy (non-hydrogen) atoms. The van der Waals surface area contributed by atoms with Gasteiger partial charge in [0.25, 0.3) is 11.2 Å². The minimum absolute atomic E-state index is 0.00357. The molecule has 1 saturated carbocycles. The Morgan fingerprint density at radius 3 is 2.38 bits per heavy atom. The van der Waals surface area contributed by atoms with Crippen LogP contribution in [0.3, 0.4) is 0 Å². The minimum atomic E-state index is -0.459. The molecule has 7 nitrogen and oxygen atoms in total. The Morgan fingerprint density at radius 2 is 1.77 bits per heavy atom. The van der Waals surface area contributed by atoms with E-state index < -0.39 is 4.92 Å². The molecule has 1 fully saturated rings. The summed E-state index contributed by atoms with van der Waals surface area (Å²) in [5.74, 6) is 0. The van der Waals surface area contributed by atoms with E-state index in [1.807, 2.05) is 6.92 Å². The zero-order valence-corrected chi connectivity index (χ0v) is 15.0. The van der Waals surface area contributed by atoms with Gasteiger partial charge in [0.15, 0.2) is 0 Å². The van der Waals surface area contributed by atoms with Gasteiger partial charge in [-0.15, -0.1) is 0 Å². The van der Waals surface area contributed by atoms with Crippen molar-refractivity contribution in [3.8, 4) is 5.69 Å². The summed E-state index contributed by atoms with van der Waals surface area (Å²) >= 11 is 0. The van der Waals surface area contributed by atoms with Gasteiger partial charge in [-0.1, -0.05) is 32.1 Å². The fourth-order valence-corrected chi connectivity index (χ4v) is 3.38. The molecule has 1 aliphatic carbocycles. The van der Waals surface area contributed by atoms with Gasteiger partial charge in [-0.2, -0.15) is 0 Å². The normalized spacial score (nSPS) is 16.5. The van der Waals surface area contributed by atoms with Gasteiger partial charge in [-0.05, 0) is 31.9 Å². The first kappa shape index (κ1) is 18.1. The highest BCUT2D eigenvalue weighted by Gasteiger charge is 2.14. The van der Waals surface area contributed by atoms with E-state index in [1.165, 1.54) is 48.9 Å². The van der Waals surface area contributed by atoms with E-state index in [4.69, 9.17) is 0 Å². The molecule has 2 aromatic rings. The highest BCUT2D eigenvalue weighted by molar-refractivity contribution is 5.80. The fraction of sp³-hybridized carbons (Fsp3) is 0.474. The molecule has 1 aromatic carbocycles. The van der Waals surface area contributed by atoms with Crippen LogP contribution >= 0.6 is 0 Å². The van der Waals surface area contributed by atoms with Crippen molar-refractivity contribution in [3.63, 3.8) is 0 Å². The number of nitrogens with zero attached hydrogens (tertiary/aromatic N) is 3. The van der Waals surface area contributed by atoms with Crippen molar-refractivity contribution in [1.29, 1.82) is 0 Å². The Hall–Kier alpha value is -2.70. The highest BCUT2D eigenvalue weighted by atomic mass is 16.6. The van der Waals surface area contributed by atoms with Crippen LogP contribution in [0.25, 0.3) is 5.69 Å². The Labute approximate surface area is 151 Å². The number of nitrogens with one attached hydrogen (secondary N) is 1. The number of nitro benzene ring substituents is 1. The third kappa shape index (κ3) is 4.09. The standard InChI is InChI=1S/C19H24N4O3/c1-14-18(13-20-15-7-5-3-2-4-6-8-15)19(24)22(21-14)16-9-11-17(12-10-16)23(25)26/h9-13,15,21H,2-8H2,1H3. The maximum atomic E-state index is 12.7. The van der Waals surface area contributed by atoms with Gasteiger partial charge in [0.1, 0.15) is 0 Å². The first-order chi connectivity index (χ1) is 12.6. The SMILES string of the molecule is Cc1[nH]n(-c2ccc([N+](=O)[O-])cc2)c(=O)c1C=NC1CCCCCCC1. The molecule has 0 aliphatic heterocycles. The van der Waals surface area contributed by atoms with Gasteiger partial charge in [-0.25, -0.2) is 4.68 Å². The number of aromatic nitrogens is 2. The minimum Gasteiger partial charge on any atom is -0.295 e. The third-order valence-electron chi connectivity index (χ3n) is 4.92. The van der Waals surface area contributed by atoms with Crippen molar-refractivity contribution in [2.45, 2.75) is 57.9 Å². The number of non-ortho nitro benzene ring substituents is 1. The zero-order chi connectivity index (χ0) is 18.5. The molecule has 1 aromatic heterocycles. The highest BCUT2D eigenvalue weighted by Crippen LogP contribution is 2.19. The molecule has 0 spiro atoms. The van der Waals surface area contributed by atoms with Gasteiger partial charge in [0, 0.05) is 30.1 Å². The Bertz CT molecular complexity index is 841. The van der Waals surface area contributed by atoms with E-state index in [-0.39, 0.29) is 17.3 Å². The lowest BCUT2D eigenvalue weighted by atomic mass is 9.97. The predicted molar refractivity (Wildman–Crippen MR) is 101 cm³/mol. The molecule has 1 N–H and O–H groups in total. The maximum absolute atomic E-state index is 12.7. The van der Waals surface area contributed by atoms with Gasteiger partial charge < -0.3 is 0 Å². The molecule has 3 rings (SSSR count). The van der Waals surface area contributed by atoms with Crippen molar-refractivity contribution >= 4 is 11.9 Å². The Kier molecular flexibility index (Phi) is 5.65. The molecule has 7 heteroatoms. The van der Waals surface area contributed by atoms with Crippen molar-refractivity contribution in [3.05, 3.63) is 56.0 Å². The number of nitro groups is 1. The fourth-order valence-electron chi connectivity index (χ4n) is 3.38. The van der Waals surface area contributed by atoms with Crippen molar-refractivity contribution in [1.82, 2.24) is 9.78 Å². The number of benzene rings is 1. The van der Waals surface area contributed by atoms with E-state index in [9.17, 15) is 14.9 Å². The summed E-state index contributed by atoms with van der Waals surface area (Å²) in [5.41, 5.74) is 1.66. The summed E-state index contributed by atoms with van der Waals surface area (Å²) in [6.45, 7) is 1.84. The largest absolute Gasteiger partial charge is 0.295 e. The third-order valence-corrected chi connectivity index (χ3v) is 4.92. The number of aromatic amines is 1. The van der Waals surface area contributed by atoms with Crippen LogP contribution in [0.5, 0.6) is 0 Å². The van der Waals surface area contributed by atoms with E-state index in [0.717, 1.165) is 18.5 Å². The number of hydrogen-bond donors (Lipinski definition) is 1. The van der Waals surface area contributed by atoms with Crippen molar-refractivity contribution in [2.24, 2.45) is 4.99 Å². The second-order valence-electron chi connectivity index (χ2n) is 6.84. The summed E-state index contributed by atoms with van der Waals surface area (Å²) in [6.07, 6.45) is 10.1.